The minimum atomic E-state index is -0.231. The molecule has 1 heterocycles. The van der Waals surface area contributed by atoms with E-state index in [1.165, 1.54) is 0 Å². The average Bonchev–Trinajstić information content (AvgIpc) is 2.99. The first kappa shape index (κ1) is 10.2. The minimum Gasteiger partial charge on any atom is -0.359 e. The van der Waals surface area contributed by atoms with E-state index >= 15 is 0 Å². The van der Waals surface area contributed by atoms with E-state index in [-0.39, 0.29) is 18.1 Å². The Morgan fingerprint density at radius 2 is 2.13 bits per heavy atom. The maximum Gasteiger partial charge on any atom is 0.256 e. The molecule has 1 aliphatic heterocycles. The molecule has 1 fully saturated rings. The van der Waals surface area contributed by atoms with E-state index in [0.717, 1.165) is 18.5 Å². The fourth-order valence-corrected chi connectivity index (χ4v) is 1.61. The maximum atomic E-state index is 11.6. The second-order valence-corrected chi connectivity index (χ2v) is 3.74. The first-order valence-electron chi connectivity index (χ1n) is 5.32. The molecule has 0 aliphatic carbocycles. The molecule has 15 heavy (non-hydrogen) atoms. The number of rotatable bonds is 4. The number of carbonyl (C=O) groups is 1. The molecule has 80 valence electrons. The summed E-state index contributed by atoms with van der Waals surface area (Å²) < 4.78 is 5.28. The smallest absolute Gasteiger partial charge is 0.256 e. The molecule has 3 nitrogen and oxygen atoms in total. The molecule has 0 spiro atoms. The number of carbonyl (C=O) groups excluding carboxylic acids is 1. The lowest BCUT2D eigenvalue weighted by Gasteiger charge is -2.01. The summed E-state index contributed by atoms with van der Waals surface area (Å²) in [5, 5.41) is 2.83. The highest BCUT2D eigenvalue weighted by Gasteiger charge is 2.43. The molecule has 0 radical (unpaired) electrons. The Morgan fingerprint density at radius 3 is 2.80 bits per heavy atom. The van der Waals surface area contributed by atoms with Crippen LogP contribution in [0.2, 0.25) is 0 Å². The van der Waals surface area contributed by atoms with Crippen molar-refractivity contribution < 1.29 is 9.53 Å². The van der Waals surface area contributed by atoms with E-state index in [1.807, 2.05) is 30.3 Å². The Balaban J connectivity index is 1.84. The fraction of sp³-hybridized carbons (Fsp3) is 0.417. The van der Waals surface area contributed by atoms with Crippen LogP contribution in [0, 0.1) is 0 Å². The molecule has 1 N–H and O–H groups in total. The Morgan fingerprint density at radius 1 is 1.40 bits per heavy atom. The molecule has 2 rings (SSSR count). The number of hydrogen-bond donors (Lipinski definition) is 1. The van der Waals surface area contributed by atoms with E-state index in [2.05, 4.69) is 12.2 Å². The maximum absolute atomic E-state index is 11.6. The number of ether oxygens (including phenoxy) is 1. The summed E-state index contributed by atoms with van der Waals surface area (Å²) in [6, 6.07) is 9.45. The lowest BCUT2D eigenvalue weighted by atomic mass is 10.2. The van der Waals surface area contributed by atoms with Crippen molar-refractivity contribution in [1.29, 1.82) is 0 Å². The third-order valence-corrected chi connectivity index (χ3v) is 2.46. The summed E-state index contributed by atoms with van der Waals surface area (Å²) in [6.07, 6.45) is 1.93. The van der Waals surface area contributed by atoms with Gasteiger partial charge in [0.15, 0.2) is 6.10 Å². The van der Waals surface area contributed by atoms with Gasteiger partial charge in [0.05, 0.1) is 6.10 Å². The highest BCUT2D eigenvalue weighted by atomic mass is 16.6. The predicted octanol–water partition coefficient (Wildman–Crippen LogP) is 2.19. The van der Waals surface area contributed by atoms with Crippen LogP contribution in [0.25, 0.3) is 0 Å². The normalized spacial score (nSPS) is 23.5. The molecule has 1 aliphatic rings. The standard InChI is InChI=1S/C12H15NO2/c1-2-6-10-11(15-10)12(14)13-9-7-4-3-5-8-9/h3-5,7-8,10-11H,2,6H2,1H3,(H,13,14)/t10-,11-/m0/s1. The van der Waals surface area contributed by atoms with Gasteiger partial charge in [-0.25, -0.2) is 0 Å². The minimum absolute atomic E-state index is 0.0281. The van der Waals surface area contributed by atoms with Crippen LogP contribution in [0.15, 0.2) is 30.3 Å². The van der Waals surface area contributed by atoms with Crippen LogP contribution in [0.5, 0.6) is 0 Å². The van der Waals surface area contributed by atoms with Crippen molar-refractivity contribution >= 4 is 11.6 Å². The number of para-hydroxylation sites is 1. The van der Waals surface area contributed by atoms with Crippen molar-refractivity contribution in [2.75, 3.05) is 5.32 Å². The zero-order valence-corrected chi connectivity index (χ0v) is 8.77. The van der Waals surface area contributed by atoms with Gasteiger partial charge in [-0.1, -0.05) is 31.5 Å². The van der Waals surface area contributed by atoms with Gasteiger partial charge < -0.3 is 10.1 Å². The van der Waals surface area contributed by atoms with Gasteiger partial charge in [0, 0.05) is 5.69 Å². The quantitative estimate of drug-likeness (QED) is 0.765. The van der Waals surface area contributed by atoms with Crippen molar-refractivity contribution in [3.05, 3.63) is 30.3 Å². The third kappa shape index (κ3) is 2.57. The zero-order chi connectivity index (χ0) is 10.7. The van der Waals surface area contributed by atoms with Gasteiger partial charge in [0.2, 0.25) is 0 Å². The van der Waals surface area contributed by atoms with E-state index < -0.39 is 0 Å². The van der Waals surface area contributed by atoms with Gasteiger partial charge in [-0.2, -0.15) is 0 Å². The van der Waals surface area contributed by atoms with Gasteiger partial charge in [0.25, 0.3) is 5.91 Å². The van der Waals surface area contributed by atoms with E-state index in [9.17, 15) is 4.79 Å². The Hall–Kier alpha value is -1.35. The molecule has 1 saturated heterocycles. The molecule has 2 atom stereocenters. The van der Waals surface area contributed by atoms with Crippen molar-refractivity contribution in [1.82, 2.24) is 0 Å². The first-order chi connectivity index (χ1) is 7.31. The lowest BCUT2D eigenvalue weighted by molar-refractivity contribution is -0.117. The van der Waals surface area contributed by atoms with Gasteiger partial charge in [-0.3, -0.25) is 4.79 Å². The highest BCUT2D eigenvalue weighted by Crippen LogP contribution is 2.27. The lowest BCUT2D eigenvalue weighted by Crippen LogP contribution is -2.19. The number of amides is 1. The van der Waals surface area contributed by atoms with Crippen LogP contribution in [-0.4, -0.2) is 18.1 Å². The van der Waals surface area contributed by atoms with Crippen molar-refractivity contribution in [3.63, 3.8) is 0 Å². The molecule has 0 unspecified atom stereocenters. The Kier molecular flexibility index (Phi) is 3.02. The topological polar surface area (TPSA) is 41.6 Å². The summed E-state index contributed by atoms with van der Waals surface area (Å²) in [4.78, 5) is 11.6. The molecule has 0 bridgehead atoms. The number of benzene rings is 1. The van der Waals surface area contributed by atoms with Crippen molar-refractivity contribution in [2.45, 2.75) is 32.0 Å². The van der Waals surface area contributed by atoms with Crippen molar-refractivity contribution in [3.8, 4) is 0 Å². The molecule has 1 amide bonds. The fourth-order valence-electron chi connectivity index (χ4n) is 1.61. The van der Waals surface area contributed by atoms with Crippen molar-refractivity contribution in [2.24, 2.45) is 0 Å². The monoisotopic (exact) mass is 205 g/mol. The van der Waals surface area contributed by atoms with Gasteiger partial charge in [-0.15, -0.1) is 0 Å². The van der Waals surface area contributed by atoms with E-state index in [4.69, 9.17) is 4.74 Å². The molecule has 1 aromatic rings. The Labute approximate surface area is 89.4 Å². The van der Waals surface area contributed by atoms with Crippen LogP contribution < -0.4 is 5.32 Å². The summed E-state index contributed by atoms with van der Waals surface area (Å²) in [7, 11) is 0. The molecule has 0 saturated carbocycles. The number of nitrogens with one attached hydrogen (secondary N) is 1. The zero-order valence-electron chi connectivity index (χ0n) is 8.77. The highest BCUT2D eigenvalue weighted by molar-refractivity contribution is 5.96. The molecule has 0 aromatic heterocycles. The predicted molar refractivity (Wildman–Crippen MR) is 58.6 cm³/mol. The third-order valence-electron chi connectivity index (χ3n) is 2.46. The largest absolute Gasteiger partial charge is 0.359 e. The van der Waals surface area contributed by atoms with E-state index in [0.29, 0.717) is 0 Å². The van der Waals surface area contributed by atoms with Crippen LogP contribution in [-0.2, 0) is 9.53 Å². The van der Waals surface area contributed by atoms with Gasteiger partial charge in [0.1, 0.15) is 0 Å². The Bertz CT molecular complexity index is 337. The van der Waals surface area contributed by atoms with E-state index in [1.54, 1.807) is 0 Å². The summed E-state index contributed by atoms with van der Waals surface area (Å²) in [5.74, 6) is -0.0281. The second kappa shape index (κ2) is 4.45. The van der Waals surface area contributed by atoms with Gasteiger partial charge >= 0.3 is 0 Å². The summed E-state index contributed by atoms with van der Waals surface area (Å²) in [6.45, 7) is 2.09. The summed E-state index contributed by atoms with van der Waals surface area (Å²) in [5.41, 5.74) is 0.827. The number of anilines is 1. The molecule has 3 heteroatoms. The molecular weight excluding hydrogens is 190 g/mol. The van der Waals surface area contributed by atoms with Crippen LogP contribution in [0.1, 0.15) is 19.8 Å². The first-order valence-corrected chi connectivity index (χ1v) is 5.32. The second-order valence-electron chi connectivity index (χ2n) is 3.74. The number of epoxide rings is 1. The SMILES string of the molecule is CCC[C@@H]1O[C@@H]1C(=O)Nc1ccccc1. The molecule has 1 aromatic carbocycles. The van der Waals surface area contributed by atoms with Crippen LogP contribution >= 0.6 is 0 Å². The van der Waals surface area contributed by atoms with Gasteiger partial charge in [-0.05, 0) is 18.6 Å². The average molecular weight is 205 g/mol. The molecular formula is C12H15NO2. The number of hydrogen-bond acceptors (Lipinski definition) is 2. The van der Waals surface area contributed by atoms with Crippen LogP contribution in [0.4, 0.5) is 5.69 Å². The van der Waals surface area contributed by atoms with Crippen LogP contribution in [0.3, 0.4) is 0 Å². The summed E-state index contributed by atoms with van der Waals surface area (Å²) >= 11 is 0.